The van der Waals surface area contributed by atoms with Crippen molar-refractivity contribution in [2.45, 2.75) is 51.7 Å². The minimum atomic E-state index is -0.682. The van der Waals surface area contributed by atoms with Crippen molar-refractivity contribution in [1.82, 2.24) is 9.78 Å². The van der Waals surface area contributed by atoms with E-state index in [1.54, 1.807) is 6.20 Å². The summed E-state index contributed by atoms with van der Waals surface area (Å²) in [5.74, 6) is 1.01. The molecule has 0 aromatic carbocycles. The highest BCUT2D eigenvalue weighted by atomic mass is 16.3. The first-order chi connectivity index (χ1) is 9.19. The maximum atomic E-state index is 10.7. The first-order valence-corrected chi connectivity index (χ1v) is 7.31. The number of aryl methyl sites for hydroxylation is 1. The van der Waals surface area contributed by atoms with E-state index < -0.39 is 11.5 Å². The van der Waals surface area contributed by atoms with E-state index in [9.17, 15) is 10.4 Å². The molecular weight excluding hydrogens is 238 g/mol. The molecule has 0 radical (unpaired) electrons. The Balaban J connectivity index is 1.85. The number of nitrogens with zero attached hydrogens (tertiary/aromatic N) is 3. The van der Waals surface area contributed by atoms with Crippen LogP contribution in [0.15, 0.2) is 12.4 Å². The number of hydrogen-bond donors (Lipinski definition) is 1. The summed E-state index contributed by atoms with van der Waals surface area (Å²) in [5.41, 5.74) is 0.241. The Labute approximate surface area is 114 Å². The Kier molecular flexibility index (Phi) is 3.10. The second-order valence-corrected chi connectivity index (χ2v) is 6.17. The second kappa shape index (κ2) is 4.64. The van der Waals surface area contributed by atoms with Crippen molar-refractivity contribution in [2.24, 2.45) is 17.3 Å². The molecule has 102 valence electrons. The van der Waals surface area contributed by atoms with Crippen molar-refractivity contribution in [2.75, 3.05) is 0 Å². The number of fused-ring (bicyclic) bond motifs is 2. The smallest absolute Gasteiger partial charge is 0.101 e. The van der Waals surface area contributed by atoms with Gasteiger partial charge in [-0.1, -0.05) is 13.3 Å². The normalized spacial score (nSPS) is 34.4. The average molecular weight is 259 g/mol. The van der Waals surface area contributed by atoms with Crippen LogP contribution in [0.1, 0.15) is 50.7 Å². The molecule has 4 atom stereocenters. The van der Waals surface area contributed by atoms with Gasteiger partial charge in [-0.2, -0.15) is 10.4 Å². The first kappa shape index (κ1) is 12.7. The van der Waals surface area contributed by atoms with Gasteiger partial charge >= 0.3 is 0 Å². The Bertz CT molecular complexity index is 504. The van der Waals surface area contributed by atoms with E-state index >= 15 is 0 Å². The molecule has 3 rings (SSSR count). The summed E-state index contributed by atoms with van der Waals surface area (Å²) in [5, 5.41) is 24.6. The fraction of sp³-hybridized carbons (Fsp3) is 0.733. The minimum absolute atomic E-state index is 0.368. The van der Waals surface area contributed by atoms with Gasteiger partial charge < -0.3 is 5.11 Å². The van der Waals surface area contributed by atoms with Crippen molar-refractivity contribution in [3.63, 3.8) is 0 Å². The molecule has 2 fully saturated rings. The van der Waals surface area contributed by atoms with E-state index in [0.717, 1.165) is 37.8 Å². The van der Waals surface area contributed by atoms with Gasteiger partial charge in [0.05, 0.1) is 17.7 Å². The zero-order valence-corrected chi connectivity index (χ0v) is 11.4. The monoisotopic (exact) mass is 259 g/mol. The molecule has 19 heavy (non-hydrogen) atoms. The van der Waals surface area contributed by atoms with Gasteiger partial charge in [-0.3, -0.25) is 4.68 Å². The molecule has 2 saturated carbocycles. The molecule has 2 bridgehead atoms. The number of aliphatic hydroxyl groups is 1. The number of aromatic nitrogens is 2. The largest absolute Gasteiger partial charge is 0.387 e. The molecule has 0 aliphatic heterocycles. The summed E-state index contributed by atoms with van der Waals surface area (Å²) in [6, 6.07) is 2.46. The van der Waals surface area contributed by atoms with Crippen molar-refractivity contribution in [3.8, 4) is 6.07 Å². The van der Waals surface area contributed by atoms with Gasteiger partial charge in [-0.15, -0.1) is 0 Å². The minimum Gasteiger partial charge on any atom is -0.387 e. The van der Waals surface area contributed by atoms with Gasteiger partial charge in [-0.05, 0) is 37.5 Å². The van der Waals surface area contributed by atoms with Crippen LogP contribution in [-0.4, -0.2) is 14.9 Å². The maximum Gasteiger partial charge on any atom is 0.101 e. The van der Waals surface area contributed by atoms with Crippen molar-refractivity contribution < 1.29 is 5.11 Å². The Morgan fingerprint density at radius 3 is 3.05 bits per heavy atom. The molecule has 0 amide bonds. The topological polar surface area (TPSA) is 61.8 Å². The fourth-order valence-electron chi connectivity index (χ4n) is 4.08. The van der Waals surface area contributed by atoms with E-state index in [0.29, 0.717) is 11.8 Å². The predicted octanol–water partition coefficient (Wildman–Crippen LogP) is 2.66. The van der Waals surface area contributed by atoms with Crippen LogP contribution in [0.25, 0.3) is 0 Å². The van der Waals surface area contributed by atoms with Crippen LogP contribution in [-0.2, 0) is 6.54 Å². The summed E-state index contributed by atoms with van der Waals surface area (Å²) in [7, 11) is 0. The van der Waals surface area contributed by atoms with E-state index in [-0.39, 0.29) is 0 Å². The summed E-state index contributed by atoms with van der Waals surface area (Å²) < 4.78 is 1.86. The molecule has 4 unspecified atom stereocenters. The molecule has 2 aliphatic rings. The second-order valence-electron chi connectivity index (χ2n) is 6.17. The fourth-order valence-corrected chi connectivity index (χ4v) is 4.08. The summed E-state index contributed by atoms with van der Waals surface area (Å²) in [4.78, 5) is 0. The van der Waals surface area contributed by atoms with E-state index in [2.05, 4.69) is 18.1 Å². The third kappa shape index (κ3) is 1.88. The molecule has 1 aromatic heterocycles. The number of aliphatic hydroxyl groups excluding tert-OH is 1. The number of hydrogen-bond acceptors (Lipinski definition) is 3. The predicted molar refractivity (Wildman–Crippen MR) is 71.0 cm³/mol. The van der Waals surface area contributed by atoms with Crippen LogP contribution in [0.3, 0.4) is 0 Å². The van der Waals surface area contributed by atoms with Crippen LogP contribution < -0.4 is 0 Å². The van der Waals surface area contributed by atoms with Gasteiger partial charge in [-0.25, -0.2) is 0 Å². The average Bonchev–Trinajstić information content (AvgIpc) is 3.13. The van der Waals surface area contributed by atoms with Crippen LogP contribution >= 0.6 is 0 Å². The lowest BCUT2D eigenvalue weighted by molar-refractivity contribution is 0.0233. The quantitative estimate of drug-likeness (QED) is 0.904. The lowest BCUT2D eigenvalue weighted by Crippen LogP contribution is -2.33. The highest BCUT2D eigenvalue weighted by Crippen LogP contribution is 2.60. The summed E-state index contributed by atoms with van der Waals surface area (Å²) in [6.07, 6.45) is 8.27. The molecule has 0 saturated heterocycles. The molecule has 1 N–H and O–H groups in total. The molecular formula is C15H21N3O. The lowest BCUT2D eigenvalue weighted by Gasteiger charge is -2.35. The third-order valence-corrected chi connectivity index (χ3v) is 5.01. The molecule has 0 spiro atoms. The summed E-state index contributed by atoms with van der Waals surface area (Å²) in [6.45, 7) is 2.96. The highest BCUT2D eigenvalue weighted by molar-refractivity contribution is 5.23. The number of nitriles is 1. The van der Waals surface area contributed by atoms with Crippen LogP contribution in [0.5, 0.6) is 0 Å². The Hall–Kier alpha value is -1.34. The van der Waals surface area contributed by atoms with Crippen LogP contribution in [0.4, 0.5) is 0 Å². The molecule has 4 nitrogen and oxygen atoms in total. The van der Waals surface area contributed by atoms with Gasteiger partial charge in [0.15, 0.2) is 0 Å². The zero-order valence-electron chi connectivity index (χ0n) is 11.4. The molecule has 1 aromatic rings. The maximum absolute atomic E-state index is 10.7. The Morgan fingerprint density at radius 1 is 1.63 bits per heavy atom. The zero-order chi connectivity index (χ0) is 13.5. The Morgan fingerprint density at radius 2 is 2.47 bits per heavy atom. The van der Waals surface area contributed by atoms with Crippen molar-refractivity contribution in [1.29, 1.82) is 5.26 Å². The van der Waals surface area contributed by atoms with Gasteiger partial charge in [0, 0.05) is 18.3 Å². The van der Waals surface area contributed by atoms with Gasteiger partial charge in [0.25, 0.3) is 0 Å². The van der Waals surface area contributed by atoms with Crippen molar-refractivity contribution >= 4 is 0 Å². The molecule has 1 heterocycles. The lowest BCUT2D eigenvalue weighted by atomic mass is 9.69. The standard InChI is InChI=1S/C15H21N3O/c1-2-5-18-9-12(8-17-18)14(19)15(10-16)7-11-3-4-13(15)6-11/h8-9,11,13-14,19H,2-7H2,1H3. The molecule has 2 aliphatic carbocycles. The summed E-state index contributed by atoms with van der Waals surface area (Å²) >= 11 is 0. The van der Waals surface area contributed by atoms with Crippen LogP contribution in [0.2, 0.25) is 0 Å². The van der Waals surface area contributed by atoms with Crippen molar-refractivity contribution in [3.05, 3.63) is 18.0 Å². The van der Waals surface area contributed by atoms with E-state index in [1.807, 2.05) is 10.9 Å². The first-order valence-electron chi connectivity index (χ1n) is 7.31. The van der Waals surface area contributed by atoms with E-state index in [4.69, 9.17) is 0 Å². The van der Waals surface area contributed by atoms with Gasteiger partial charge in [0.2, 0.25) is 0 Å². The van der Waals surface area contributed by atoms with Crippen LogP contribution in [0, 0.1) is 28.6 Å². The third-order valence-electron chi connectivity index (χ3n) is 5.01. The SMILES string of the molecule is CCCn1cc(C(O)C2(C#N)CC3CCC2C3)cn1. The van der Waals surface area contributed by atoms with E-state index in [1.165, 1.54) is 6.42 Å². The molecule has 4 heteroatoms. The van der Waals surface area contributed by atoms with Gasteiger partial charge in [0.1, 0.15) is 6.10 Å². The number of rotatable bonds is 4. The highest BCUT2D eigenvalue weighted by Gasteiger charge is 2.55.